The molecule has 94 valence electrons. The van der Waals surface area contributed by atoms with Crippen LogP contribution in [0.2, 0.25) is 0 Å². The molecule has 0 saturated carbocycles. The van der Waals surface area contributed by atoms with Crippen LogP contribution in [0.4, 0.5) is 0 Å². The van der Waals surface area contributed by atoms with Gasteiger partial charge in [-0.3, -0.25) is 4.79 Å². The van der Waals surface area contributed by atoms with Crippen LogP contribution in [0.15, 0.2) is 0 Å². The fourth-order valence-electron chi connectivity index (χ4n) is 1.90. The minimum absolute atomic E-state index is 0.0655. The van der Waals surface area contributed by atoms with Gasteiger partial charge in [-0.15, -0.1) is 0 Å². The molecule has 1 rings (SSSR count). The van der Waals surface area contributed by atoms with Crippen molar-refractivity contribution in [1.29, 1.82) is 0 Å². The Labute approximate surface area is 94.9 Å². The number of piperidine rings is 1. The summed E-state index contributed by atoms with van der Waals surface area (Å²) in [5.41, 5.74) is -1.45. The second-order valence-electron chi connectivity index (χ2n) is 4.01. The van der Waals surface area contributed by atoms with Gasteiger partial charge >= 0.3 is 0 Å². The van der Waals surface area contributed by atoms with E-state index < -0.39 is 21.4 Å². The van der Waals surface area contributed by atoms with Gasteiger partial charge in [0.2, 0.25) is 5.44 Å². The van der Waals surface area contributed by atoms with Crippen molar-refractivity contribution < 1.29 is 23.1 Å². The van der Waals surface area contributed by atoms with Gasteiger partial charge in [-0.1, -0.05) is 0 Å². The molecule has 2 atom stereocenters. The molecule has 0 aliphatic carbocycles. The molecule has 0 aromatic heterocycles. The highest BCUT2D eigenvalue weighted by molar-refractivity contribution is 7.91. The number of nitrogens with one attached hydrogen (secondary N) is 1. The standard InChI is InChI=1S/C9H17NO5S/c1-16(13,14)9(15-6-11)8(12)7-2-4-10-5-3-7/h6-10,12H,2-5H2,1H3. The fraction of sp³-hybridized carbons (Fsp3) is 0.889. The Morgan fingerprint density at radius 2 is 2.00 bits per heavy atom. The first-order chi connectivity index (χ1) is 7.46. The normalized spacial score (nSPS) is 22.4. The Hall–Kier alpha value is -0.660. The first-order valence-corrected chi connectivity index (χ1v) is 7.09. The van der Waals surface area contributed by atoms with Gasteiger partial charge in [0.05, 0.1) is 0 Å². The monoisotopic (exact) mass is 251 g/mol. The van der Waals surface area contributed by atoms with Gasteiger partial charge in [0, 0.05) is 6.26 Å². The zero-order valence-corrected chi connectivity index (χ0v) is 9.94. The molecule has 0 radical (unpaired) electrons. The van der Waals surface area contributed by atoms with E-state index in [-0.39, 0.29) is 12.4 Å². The van der Waals surface area contributed by atoms with E-state index >= 15 is 0 Å². The van der Waals surface area contributed by atoms with Crippen molar-refractivity contribution in [3.05, 3.63) is 0 Å². The van der Waals surface area contributed by atoms with E-state index in [9.17, 15) is 18.3 Å². The summed E-state index contributed by atoms with van der Waals surface area (Å²) in [5, 5.41) is 13.0. The van der Waals surface area contributed by atoms with Crippen LogP contribution >= 0.6 is 0 Å². The number of aliphatic hydroxyl groups is 1. The molecule has 1 aliphatic heterocycles. The highest BCUT2D eigenvalue weighted by Crippen LogP contribution is 2.22. The van der Waals surface area contributed by atoms with E-state index in [1.54, 1.807) is 0 Å². The van der Waals surface area contributed by atoms with E-state index in [1.807, 2.05) is 0 Å². The molecule has 0 aromatic rings. The summed E-state index contributed by atoms with van der Waals surface area (Å²) in [4.78, 5) is 10.2. The van der Waals surface area contributed by atoms with Crippen molar-refractivity contribution in [2.45, 2.75) is 24.4 Å². The molecule has 2 N–H and O–H groups in total. The lowest BCUT2D eigenvalue weighted by Gasteiger charge is -2.30. The Morgan fingerprint density at radius 1 is 1.44 bits per heavy atom. The van der Waals surface area contributed by atoms with Crippen molar-refractivity contribution in [2.75, 3.05) is 19.3 Å². The van der Waals surface area contributed by atoms with Gasteiger partial charge < -0.3 is 15.2 Å². The minimum Gasteiger partial charge on any atom is -0.445 e. The lowest BCUT2D eigenvalue weighted by atomic mass is 9.92. The van der Waals surface area contributed by atoms with Crippen LogP contribution in [0.5, 0.6) is 0 Å². The number of carbonyl (C=O) groups excluding carboxylic acids is 1. The molecule has 1 fully saturated rings. The molecule has 0 aromatic carbocycles. The second kappa shape index (κ2) is 5.60. The number of sulfone groups is 1. The van der Waals surface area contributed by atoms with E-state index in [0.717, 1.165) is 19.3 Å². The molecule has 1 heterocycles. The summed E-state index contributed by atoms with van der Waals surface area (Å²) in [6, 6.07) is 0. The van der Waals surface area contributed by atoms with E-state index in [1.165, 1.54) is 0 Å². The van der Waals surface area contributed by atoms with Crippen LogP contribution in [0, 0.1) is 5.92 Å². The number of rotatable bonds is 5. The SMILES string of the molecule is CS(=O)(=O)C(OC=O)C(O)C1CCNCC1. The summed E-state index contributed by atoms with van der Waals surface area (Å²) >= 11 is 0. The third-order valence-electron chi connectivity index (χ3n) is 2.76. The molecule has 0 spiro atoms. The Bertz CT molecular complexity index is 323. The van der Waals surface area contributed by atoms with Gasteiger partial charge in [-0.2, -0.15) is 0 Å². The molecular weight excluding hydrogens is 234 g/mol. The van der Waals surface area contributed by atoms with Crippen LogP contribution in [-0.2, 0) is 19.4 Å². The molecule has 0 amide bonds. The largest absolute Gasteiger partial charge is 0.445 e. The summed E-state index contributed by atoms with van der Waals surface area (Å²) < 4.78 is 27.2. The predicted molar refractivity (Wildman–Crippen MR) is 57.4 cm³/mol. The fourth-order valence-corrected chi connectivity index (χ4v) is 2.87. The number of hydrogen-bond acceptors (Lipinski definition) is 6. The maximum atomic E-state index is 11.3. The number of carbonyl (C=O) groups is 1. The minimum atomic E-state index is -3.60. The third kappa shape index (κ3) is 3.43. The summed E-state index contributed by atoms with van der Waals surface area (Å²) in [5.74, 6) is -0.152. The molecule has 7 heteroatoms. The van der Waals surface area contributed by atoms with Crippen molar-refractivity contribution >= 4 is 16.3 Å². The van der Waals surface area contributed by atoms with Crippen molar-refractivity contribution in [3.8, 4) is 0 Å². The molecule has 6 nitrogen and oxygen atoms in total. The Morgan fingerprint density at radius 3 is 2.44 bits per heavy atom. The third-order valence-corrected chi connectivity index (χ3v) is 3.99. The maximum absolute atomic E-state index is 11.3. The first-order valence-electron chi connectivity index (χ1n) is 5.13. The molecule has 0 bridgehead atoms. The van der Waals surface area contributed by atoms with Crippen LogP contribution in [0.3, 0.4) is 0 Å². The Balaban J connectivity index is 2.73. The van der Waals surface area contributed by atoms with Crippen LogP contribution < -0.4 is 5.32 Å². The Kier molecular flexibility index (Phi) is 4.69. The molecule has 1 aliphatic rings. The van der Waals surface area contributed by atoms with Gasteiger partial charge in [0.25, 0.3) is 6.47 Å². The molecule has 16 heavy (non-hydrogen) atoms. The average Bonchev–Trinajstić information content (AvgIpc) is 2.25. The van der Waals surface area contributed by atoms with E-state index in [2.05, 4.69) is 10.1 Å². The average molecular weight is 251 g/mol. The summed E-state index contributed by atoms with van der Waals surface area (Å²) in [7, 11) is -3.60. The topological polar surface area (TPSA) is 92.7 Å². The van der Waals surface area contributed by atoms with Crippen LogP contribution in [-0.4, -0.2) is 50.9 Å². The second-order valence-corrected chi connectivity index (χ2v) is 6.13. The highest BCUT2D eigenvalue weighted by atomic mass is 32.2. The number of ether oxygens (including phenoxy) is 1. The zero-order valence-electron chi connectivity index (χ0n) is 9.13. The van der Waals surface area contributed by atoms with E-state index in [4.69, 9.17) is 0 Å². The predicted octanol–water partition coefficient (Wildman–Crippen LogP) is -1.11. The van der Waals surface area contributed by atoms with Crippen LogP contribution in [0.1, 0.15) is 12.8 Å². The first kappa shape index (κ1) is 13.4. The van der Waals surface area contributed by atoms with Gasteiger partial charge in [-0.05, 0) is 31.8 Å². The zero-order chi connectivity index (χ0) is 12.2. The van der Waals surface area contributed by atoms with E-state index in [0.29, 0.717) is 12.8 Å². The quantitative estimate of drug-likeness (QED) is 0.602. The highest BCUT2D eigenvalue weighted by Gasteiger charge is 2.36. The number of aliphatic hydroxyl groups excluding tert-OH is 1. The molecule has 2 unspecified atom stereocenters. The van der Waals surface area contributed by atoms with Gasteiger partial charge in [0.15, 0.2) is 9.84 Å². The van der Waals surface area contributed by atoms with Gasteiger partial charge in [-0.25, -0.2) is 8.42 Å². The lowest BCUT2D eigenvalue weighted by molar-refractivity contribution is -0.135. The summed E-state index contributed by atoms with van der Waals surface area (Å²) in [6.07, 6.45) is 1.15. The smallest absolute Gasteiger partial charge is 0.294 e. The van der Waals surface area contributed by atoms with Crippen LogP contribution in [0.25, 0.3) is 0 Å². The maximum Gasteiger partial charge on any atom is 0.294 e. The van der Waals surface area contributed by atoms with Crippen molar-refractivity contribution in [3.63, 3.8) is 0 Å². The lowest BCUT2D eigenvalue weighted by Crippen LogP contribution is -2.44. The van der Waals surface area contributed by atoms with Crippen molar-refractivity contribution in [2.24, 2.45) is 5.92 Å². The molecular formula is C9H17NO5S. The molecule has 1 saturated heterocycles. The van der Waals surface area contributed by atoms with Crippen molar-refractivity contribution in [1.82, 2.24) is 5.32 Å². The van der Waals surface area contributed by atoms with Gasteiger partial charge in [0.1, 0.15) is 6.10 Å². The summed E-state index contributed by atoms with van der Waals surface area (Å²) in [6.45, 7) is 1.54. The number of hydrogen-bond donors (Lipinski definition) is 2.